The fourth-order valence-electron chi connectivity index (χ4n) is 0.191. The second-order valence-electron chi connectivity index (χ2n) is 1.36. The van der Waals surface area contributed by atoms with E-state index in [0.717, 1.165) is 5.57 Å². The Kier molecular flexibility index (Phi) is 4.87. The zero-order valence-electron chi connectivity index (χ0n) is 4.52. The van der Waals surface area contributed by atoms with E-state index >= 15 is 0 Å². The van der Waals surface area contributed by atoms with Crippen LogP contribution in [0.5, 0.6) is 0 Å². The van der Waals surface area contributed by atoms with Gasteiger partial charge in [0.25, 0.3) is 0 Å². The molecule has 3 heteroatoms. The third-order valence-electron chi connectivity index (χ3n) is 0.579. The summed E-state index contributed by atoms with van der Waals surface area (Å²) in [6, 6.07) is 0. The van der Waals surface area contributed by atoms with Crippen LogP contribution < -0.4 is 0 Å². The first kappa shape index (κ1) is 7.83. The number of isothiocyanates is 1. The monoisotopic (exact) mass is 147 g/mol. The summed E-state index contributed by atoms with van der Waals surface area (Å²) >= 11 is 9.64. The van der Waals surface area contributed by atoms with E-state index in [9.17, 15) is 0 Å². The summed E-state index contributed by atoms with van der Waals surface area (Å²) in [5, 5.41) is 2.24. The van der Waals surface area contributed by atoms with Crippen molar-refractivity contribution in [1.82, 2.24) is 0 Å². The molecule has 0 saturated carbocycles. The first-order chi connectivity index (χ1) is 3.81. The predicted octanol–water partition coefficient (Wildman–Crippen LogP) is 2.23. The zero-order valence-corrected chi connectivity index (χ0v) is 6.09. The molecular weight excluding hydrogens is 142 g/mol. The lowest BCUT2D eigenvalue weighted by Gasteiger charge is -1.85. The highest BCUT2D eigenvalue weighted by Crippen LogP contribution is 1.93. The maximum atomic E-state index is 5.30. The quantitative estimate of drug-likeness (QED) is 0.431. The van der Waals surface area contributed by atoms with Gasteiger partial charge in [0.15, 0.2) is 0 Å². The van der Waals surface area contributed by atoms with Crippen molar-refractivity contribution in [3.05, 3.63) is 11.1 Å². The van der Waals surface area contributed by atoms with Crippen LogP contribution in [0, 0.1) is 0 Å². The number of rotatable bonds is 2. The largest absolute Gasteiger partial charge is 0.228 e. The summed E-state index contributed by atoms with van der Waals surface area (Å²) in [5.41, 5.74) is 2.47. The molecule has 0 aliphatic rings. The van der Waals surface area contributed by atoms with Gasteiger partial charge in [-0.05, 0) is 24.7 Å². The maximum Gasteiger partial charge on any atom is 0.0712 e. The fourth-order valence-corrected chi connectivity index (χ4v) is 0.325. The van der Waals surface area contributed by atoms with Crippen molar-refractivity contribution in [3.63, 3.8) is 0 Å². The van der Waals surface area contributed by atoms with E-state index in [1.807, 2.05) is 6.92 Å². The Morgan fingerprint density at radius 2 is 2.62 bits per heavy atom. The summed E-state index contributed by atoms with van der Waals surface area (Å²) in [4.78, 5) is 3.65. The molecule has 0 atom stereocenters. The molecule has 0 aliphatic carbocycles. The Balaban J connectivity index is 3.55. The van der Waals surface area contributed by atoms with Crippen molar-refractivity contribution in [2.75, 3.05) is 6.54 Å². The Morgan fingerprint density at radius 1 is 2.00 bits per heavy atom. The van der Waals surface area contributed by atoms with Crippen LogP contribution in [0.25, 0.3) is 0 Å². The average molecular weight is 148 g/mol. The van der Waals surface area contributed by atoms with Gasteiger partial charge in [0.1, 0.15) is 0 Å². The van der Waals surface area contributed by atoms with Crippen molar-refractivity contribution >= 4 is 29.0 Å². The van der Waals surface area contributed by atoms with Crippen molar-refractivity contribution in [1.29, 1.82) is 0 Å². The lowest BCUT2D eigenvalue weighted by Crippen LogP contribution is -1.77. The molecule has 8 heavy (non-hydrogen) atoms. The topological polar surface area (TPSA) is 12.4 Å². The highest BCUT2D eigenvalue weighted by atomic mass is 35.5. The van der Waals surface area contributed by atoms with Crippen LogP contribution in [0.3, 0.4) is 0 Å². The Hall–Kier alpha value is -0.170. The first-order valence-electron chi connectivity index (χ1n) is 2.10. The zero-order chi connectivity index (χ0) is 6.41. The third-order valence-corrected chi connectivity index (χ3v) is 1.08. The summed E-state index contributed by atoms with van der Waals surface area (Å²) in [5.74, 6) is 0. The van der Waals surface area contributed by atoms with Gasteiger partial charge in [-0.2, -0.15) is 0 Å². The molecule has 0 radical (unpaired) electrons. The number of hydrogen-bond acceptors (Lipinski definition) is 2. The SMILES string of the molecule is CC(=CCl)CN=C=S. The molecule has 0 aromatic heterocycles. The highest BCUT2D eigenvalue weighted by molar-refractivity contribution is 7.78. The predicted molar refractivity (Wildman–Crippen MR) is 39.5 cm³/mol. The van der Waals surface area contributed by atoms with Crippen LogP contribution in [0.2, 0.25) is 0 Å². The van der Waals surface area contributed by atoms with E-state index in [4.69, 9.17) is 11.6 Å². The van der Waals surface area contributed by atoms with E-state index in [-0.39, 0.29) is 0 Å². The molecule has 0 unspecified atom stereocenters. The summed E-state index contributed by atoms with van der Waals surface area (Å²) < 4.78 is 0. The van der Waals surface area contributed by atoms with Crippen molar-refractivity contribution in [2.24, 2.45) is 4.99 Å². The smallest absolute Gasteiger partial charge is 0.0712 e. The minimum atomic E-state index is 0.563. The summed E-state index contributed by atoms with van der Waals surface area (Å²) in [6.45, 7) is 2.44. The van der Waals surface area contributed by atoms with Crippen LogP contribution in [-0.2, 0) is 0 Å². The molecule has 1 nitrogen and oxygen atoms in total. The molecule has 0 N–H and O–H groups in total. The molecule has 0 bridgehead atoms. The van der Waals surface area contributed by atoms with E-state index in [1.54, 1.807) is 0 Å². The average Bonchev–Trinajstić information content (AvgIpc) is 1.83. The fraction of sp³-hybridized carbons (Fsp3) is 0.400. The molecule has 0 spiro atoms. The second-order valence-corrected chi connectivity index (χ2v) is 1.76. The standard InChI is InChI=1S/C5H6ClNS/c1-5(2-6)3-7-4-8/h2H,3H2,1H3. The summed E-state index contributed by atoms with van der Waals surface area (Å²) in [6.07, 6.45) is 0. The number of aliphatic imine (C=N–C) groups is 1. The highest BCUT2D eigenvalue weighted by Gasteiger charge is 1.80. The molecule has 0 heterocycles. The van der Waals surface area contributed by atoms with Gasteiger partial charge in [-0.3, -0.25) is 0 Å². The maximum absolute atomic E-state index is 5.30. The Labute approximate surface area is 59.1 Å². The molecule has 0 aliphatic heterocycles. The summed E-state index contributed by atoms with van der Waals surface area (Å²) in [7, 11) is 0. The van der Waals surface area contributed by atoms with E-state index in [2.05, 4.69) is 22.4 Å². The minimum Gasteiger partial charge on any atom is -0.228 e. The Bertz CT molecular complexity index is 135. The van der Waals surface area contributed by atoms with E-state index < -0.39 is 0 Å². The molecule has 0 aromatic rings. The van der Waals surface area contributed by atoms with Crippen LogP contribution in [0.1, 0.15) is 6.92 Å². The van der Waals surface area contributed by atoms with Crippen LogP contribution in [-0.4, -0.2) is 11.7 Å². The van der Waals surface area contributed by atoms with Crippen LogP contribution in [0.15, 0.2) is 16.1 Å². The molecule has 0 saturated heterocycles. The van der Waals surface area contributed by atoms with E-state index in [0.29, 0.717) is 6.54 Å². The van der Waals surface area contributed by atoms with Gasteiger partial charge in [-0.15, -0.1) is 0 Å². The van der Waals surface area contributed by atoms with Gasteiger partial charge in [-0.25, -0.2) is 4.99 Å². The van der Waals surface area contributed by atoms with Crippen molar-refractivity contribution in [3.8, 4) is 0 Å². The van der Waals surface area contributed by atoms with E-state index in [1.165, 1.54) is 5.54 Å². The van der Waals surface area contributed by atoms with Crippen LogP contribution in [0.4, 0.5) is 0 Å². The second kappa shape index (κ2) is 4.98. The van der Waals surface area contributed by atoms with Crippen molar-refractivity contribution < 1.29 is 0 Å². The normalized spacial score (nSPS) is 10.5. The van der Waals surface area contributed by atoms with Crippen molar-refractivity contribution in [2.45, 2.75) is 6.92 Å². The molecule has 0 aromatic carbocycles. The van der Waals surface area contributed by atoms with Crippen LogP contribution >= 0.6 is 23.8 Å². The number of nitrogens with zero attached hydrogens (tertiary/aromatic N) is 1. The van der Waals surface area contributed by atoms with Gasteiger partial charge < -0.3 is 0 Å². The van der Waals surface area contributed by atoms with Gasteiger partial charge in [0.2, 0.25) is 0 Å². The number of halogens is 1. The molecule has 0 amide bonds. The molecular formula is C5H6ClNS. The molecule has 0 rings (SSSR count). The number of hydrogen-bond donors (Lipinski definition) is 0. The van der Waals surface area contributed by atoms with Gasteiger partial charge in [0.05, 0.1) is 11.7 Å². The van der Waals surface area contributed by atoms with Gasteiger partial charge in [-0.1, -0.05) is 11.6 Å². The first-order valence-corrected chi connectivity index (χ1v) is 2.95. The molecule has 0 fully saturated rings. The minimum absolute atomic E-state index is 0.563. The third kappa shape index (κ3) is 4.00. The lowest BCUT2D eigenvalue weighted by atomic mass is 10.4. The molecule has 44 valence electrons. The van der Waals surface area contributed by atoms with Gasteiger partial charge in [0, 0.05) is 5.54 Å². The van der Waals surface area contributed by atoms with Gasteiger partial charge >= 0.3 is 0 Å². The Morgan fingerprint density at radius 3 is 3.00 bits per heavy atom. The number of thiocarbonyl (C=S) groups is 1. The lowest BCUT2D eigenvalue weighted by molar-refractivity contribution is 1.16.